The molecule has 108 valence electrons. The number of aromatic nitrogens is 2. The summed E-state index contributed by atoms with van der Waals surface area (Å²) in [5.74, 6) is 0. The number of rotatable bonds is 3. The number of alkyl halides is 2. The molecule has 7 heteroatoms. The second kappa shape index (κ2) is 6.21. The van der Waals surface area contributed by atoms with Crippen molar-refractivity contribution in [2.75, 3.05) is 0 Å². The fourth-order valence-corrected chi connectivity index (χ4v) is 3.77. The maximum absolute atomic E-state index is 12.9. The number of halogens is 4. The Morgan fingerprint density at radius 2 is 2.10 bits per heavy atom. The highest BCUT2D eigenvalue weighted by atomic mass is 127. The number of pyridine rings is 1. The Kier molecular flexibility index (Phi) is 4.51. The van der Waals surface area contributed by atoms with Gasteiger partial charge in [-0.15, -0.1) is 0 Å². The van der Waals surface area contributed by atoms with Gasteiger partial charge in [0, 0.05) is 63.7 Å². The van der Waals surface area contributed by atoms with Gasteiger partial charge in [-0.25, -0.2) is 13.8 Å². The Balaban J connectivity index is 2.24. The Labute approximate surface area is 144 Å². The molecule has 0 amide bonds. The predicted molar refractivity (Wildman–Crippen MR) is 94.8 cm³/mol. The van der Waals surface area contributed by atoms with Crippen LogP contribution in [0.25, 0.3) is 22.2 Å². The second-order valence-electron chi connectivity index (χ2n) is 4.39. The van der Waals surface area contributed by atoms with Gasteiger partial charge in [-0.2, -0.15) is 0 Å². The Morgan fingerprint density at radius 1 is 1.29 bits per heavy atom. The summed E-state index contributed by atoms with van der Waals surface area (Å²) in [5, 5.41) is 0.931. The SMILES string of the molecule is FC(F)c1cccc(-c2cn(SI)c3ncc(Br)cc23)c1. The number of hydrogen-bond acceptors (Lipinski definition) is 2. The third-order valence-electron chi connectivity index (χ3n) is 3.10. The van der Waals surface area contributed by atoms with E-state index in [1.54, 1.807) is 12.3 Å². The molecule has 0 saturated heterocycles. The smallest absolute Gasteiger partial charge is 0.263 e. The molecule has 0 aliphatic heterocycles. The van der Waals surface area contributed by atoms with Gasteiger partial charge >= 0.3 is 0 Å². The molecule has 0 radical (unpaired) electrons. The molecule has 0 saturated carbocycles. The third kappa shape index (κ3) is 2.95. The van der Waals surface area contributed by atoms with E-state index >= 15 is 0 Å². The lowest BCUT2D eigenvalue weighted by molar-refractivity contribution is 0.151. The maximum Gasteiger partial charge on any atom is 0.263 e. The molecular formula is C14H8BrF2IN2S. The van der Waals surface area contributed by atoms with E-state index in [1.165, 1.54) is 21.3 Å². The standard InChI is InChI=1S/C14H8BrF2IN2S/c15-10-5-11-12(7-20(21-18)14(11)19-6-10)8-2-1-3-9(4-8)13(16)17/h1-7,13H. The van der Waals surface area contributed by atoms with E-state index in [1.807, 2.05) is 22.3 Å². The highest BCUT2D eigenvalue weighted by Crippen LogP contribution is 2.36. The fraction of sp³-hybridized carbons (Fsp3) is 0.0714. The second-order valence-corrected chi connectivity index (χ2v) is 7.02. The van der Waals surface area contributed by atoms with Crippen LogP contribution < -0.4 is 0 Å². The van der Waals surface area contributed by atoms with Crippen molar-refractivity contribution in [1.82, 2.24) is 8.96 Å². The summed E-state index contributed by atoms with van der Waals surface area (Å²) in [5.41, 5.74) is 2.50. The van der Waals surface area contributed by atoms with E-state index in [4.69, 9.17) is 0 Å². The van der Waals surface area contributed by atoms with Crippen LogP contribution in [0.5, 0.6) is 0 Å². The van der Waals surface area contributed by atoms with Gasteiger partial charge in [-0.05, 0) is 33.6 Å². The molecule has 0 fully saturated rings. The Bertz CT molecular complexity index is 807. The summed E-state index contributed by atoms with van der Waals surface area (Å²) in [7, 11) is 1.49. The molecule has 3 aromatic rings. The van der Waals surface area contributed by atoms with Crippen molar-refractivity contribution < 1.29 is 8.78 Å². The normalized spacial score (nSPS) is 11.5. The molecule has 2 nitrogen and oxygen atoms in total. The summed E-state index contributed by atoms with van der Waals surface area (Å²) < 4.78 is 28.5. The molecule has 0 aliphatic rings. The topological polar surface area (TPSA) is 17.8 Å². The van der Waals surface area contributed by atoms with Crippen LogP contribution in [0.4, 0.5) is 8.78 Å². The summed E-state index contributed by atoms with van der Waals surface area (Å²) >= 11 is 5.58. The number of fused-ring (bicyclic) bond motifs is 1. The average Bonchev–Trinajstić information content (AvgIpc) is 2.85. The quantitative estimate of drug-likeness (QED) is 0.412. The van der Waals surface area contributed by atoms with Crippen molar-refractivity contribution in [1.29, 1.82) is 0 Å². The molecule has 0 spiro atoms. The van der Waals surface area contributed by atoms with Crippen LogP contribution in [0.3, 0.4) is 0 Å². The van der Waals surface area contributed by atoms with Gasteiger partial charge in [0.1, 0.15) is 0 Å². The molecule has 0 atom stereocenters. The summed E-state index contributed by atoms with van der Waals surface area (Å²) in [6.45, 7) is 0. The van der Waals surface area contributed by atoms with Gasteiger partial charge in [0.15, 0.2) is 5.65 Å². The van der Waals surface area contributed by atoms with Crippen LogP contribution in [0, 0.1) is 0 Å². The lowest BCUT2D eigenvalue weighted by Crippen LogP contribution is -1.85. The van der Waals surface area contributed by atoms with Crippen molar-refractivity contribution in [2.45, 2.75) is 6.43 Å². The maximum atomic E-state index is 12.9. The van der Waals surface area contributed by atoms with Crippen molar-refractivity contribution in [2.24, 2.45) is 0 Å². The number of nitrogens with zero attached hydrogens (tertiary/aromatic N) is 2. The van der Waals surface area contributed by atoms with E-state index in [2.05, 4.69) is 42.1 Å². The summed E-state index contributed by atoms with van der Waals surface area (Å²) in [6.07, 6.45) is 1.18. The van der Waals surface area contributed by atoms with Gasteiger partial charge < -0.3 is 0 Å². The van der Waals surface area contributed by atoms with Gasteiger partial charge in [-0.1, -0.05) is 18.2 Å². The first-order valence-electron chi connectivity index (χ1n) is 5.94. The van der Waals surface area contributed by atoms with E-state index in [0.29, 0.717) is 0 Å². The van der Waals surface area contributed by atoms with Crippen LogP contribution >= 0.6 is 46.3 Å². The zero-order valence-electron chi connectivity index (χ0n) is 10.4. The molecule has 2 heterocycles. The number of hydrogen-bond donors (Lipinski definition) is 0. The van der Waals surface area contributed by atoms with Crippen LogP contribution in [0.15, 0.2) is 47.2 Å². The third-order valence-corrected chi connectivity index (χ3v) is 5.24. The number of benzene rings is 1. The molecule has 1 aromatic carbocycles. The lowest BCUT2D eigenvalue weighted by Gasteiger charge is -2.03. The van der Waals surface area contributed by atoms with Crippen LogP contribution in [-0.4, -0.2) is 8.96 Å². The highest BCUT2D eigenvalue weighted by Gasteiger charge is 2.14. The summed E-state index contributed by atoms with van der Waals surface area (Å²) in [6, 6.07) is 8.42. The molecule has 21 heavy (non-hydrogen) atoms. The molecule has 2 aromatic heterocycles. The Hall–Kier alpha value is -0.670. The zero-order chi connectivity index (χ0) is 15.0. The minimum absolute atomic E-state index is 0.0264. The molecule has 3 rings (SSSR count). The van der Waals surface area contributed by atoms with Crippen LogP contribution in [0.1, 0.15) is 12.0 Å². The zero-order valence-corrected chi connectivity index (χ0v) is 15.0. The molecule has 0 N–H and O–H groups in total. The molecule has 0 aliphatic carbocycles. The first kappa shape index (κ1) is 15.2. The summed E-state index contributed by atoms with van der Waals surface area (Å²) in [4.78, 5) is 4.40. The van der Waals surface area contributed by atoms with Gasteiger partial charge in [0.05, 0.1) is 0 Å². The largest absolute Gasteiger partial charge is 0.265 e. The van der Waals surface area contributed by atoms with E-state index in [0.717, 1.165) is 26.6 Å². The minimum atomic E-state index is -2.47. The van der Waals surface area contributed by atoms with Crippen LogP contribution in [-0.2, 0) is 0 Å². The lowest BCUT2D eigenvalue weighted by atomic mass is 10.0. The first-order valence-corrected chi connectivity index (χ1v) is 10.0. The van der Waals surface area contributed by atoms with Crippen molar-refractivity contribution in [3.8, 4) is 11.1 Å². The van der Waals surface area contributed by atoms with E-state index in [9.17, 15) is 8.78 Å². The van der Waals surface area contributed by atoms with Crippen molar-refractivity contribution in [3.63, 3.8) is 0 Å². The molecular weight excluding hydrogens is 473 g/mol. The highest BCUT2D eigenvalue weighted by molar-refractivity contribution is 14.2. The predicted octanol–water partition coefficient (Wildman–Crippen LogP) is 6.25. The average molecular weight is 481 g/mol. The first-order chi connectivity index (χ1) is 10.1. The van der Waals surface area contributed by atoms with Crippen molar-refractivity contribution in [3.05, 3.63) is 52.8 Å². The monoisotopic (exact) mass is 480 g/mol. The molecule has 0 bridgehead atoms. The Morgan fingerprint density at radius 3 is 2.81 bits per heavy atom. The van der Waals surface area contributed by atoms with Crippen molar-refractivity contribution >= 4 is 57.3 Å². The molecule has 0 unspecified atom stereocenters. The fourth-order valence-electron chi connectivity index (χ4n) is 2.18. The van der Waals surface area contributed by atoms with E-state index < -0.39 is 6.43 Å². The minimum Gasteiger partial charge on any atom is -0.265 e. The van der Waals surface area contributed by atoms with Gasteiger partial charge in [0.2, 0.25) is 0 Å². The van der Waals surface area contributed by atoms with Gasteiger partial charge in [-0.3, -0.25) is 3.97 Å². The van der Waals surface area contributed by atoms with Crippen LogP contribution in [0.2, 0.25) is 0 Å². The van der Waals surface area contributed by atoms with Gasteiger partial charge in [0.25, 0.3) is 6.43 Å². The van der Waals surface area contributed by atoms with E-state index in [-0.39, 0.29) is 5.56 Å².